The quantitative estimate of drug-likeness (QED) is 0.285. The number of imidazole rings is 1. The highest BCUT2D eigenvalue weighted by atomic mass is 35.5. The number of aryl methyl sites for hydroxylation is 1. The van der Waals surface area contributed by atoms with Gasteiger partial charge in [-0.2, -0.15) is 9.97 Å². The molecule has 3 atom stereocenters. The van der Waals surface area contributed by atoms with E-state index < -0.39 is 12.2 Å². The zero-order valence-corrected chi connectivity index (χ0v) is 21.2. The lowest BCUT2D eigenvalue weighted by Gasteiger charge is -2.31. The molecule has 3 unspecified atom stereocenters. The molecule has 3 heterocycles. The third-order valence-electron chi connectivity index (χ3n) is 6.64. The van der Waals surface area contributed by atoms with Gasteiger partial charge in [-0.25, -0.2) is 0 Å². The molecule has 194 valence electrons. The largest absolute Gasteiger partial charge is 0.459 e. The summed E-state index contributed by atoms with van der Waals surface area (Å²) in [6.45, 7) is 1.80. The van der Waals surface area contributed by atoms with Crippen molar-refractivity contribution in [1.29, 1.82) is 0 Å². The van der Waals surface area contributed by atoms with E-state index in [1.54, 1.807) is 6.92 Å². The second-order valence-electron chi connectivity index (χ2n) is 9.28. The molecule has 0 spiro atoms. The first-order chi connectivity index (χ1) is 18.5. The Morgan fingerprint density at radius 1 is 1.00 bits per heavy atom. The number of hydrogen-bond donors (Lipinski definition) is 3. The van der Waals surface area contributed by atoms with Crippen molar-refractivity contribution in [2.45, 2.75) is 31.7 Å². The second kappa shape index (κ2) is 10.2. The number of aliphatic hydroxyl groups is 2. The molecule has 3 aromatic carbocycles. The average Bonchev–Trinajstić information content (AvgIpc) is 3.53. The molecule has 1 saturated heterocycles. The number of nitrogens with zero attached hydrogens (tertiary/aromatic N) is 3. The Balaban J connectivity index is 1.19. The van der Waals surface area contributed by atoms with Crippen LogP contribution >= 0.6 is 11.6 Å². The number of benzene rings is 3. The molecule has 1 aliphatic heterocycles. The average molecular weight is 533 g/mol. The molecule has 9 nitrogen and oxygen atoms in total. The minimum Gasteiger partial charge on any atom is -0.459 e. The number of nitrogens with one attached hydrogen (secondary N) is 1. The number of halogens is 1. The summed E-state index contributed by atoms with van der Waals surface area (Å²) in [5.74, 6) is 1.10. The van der Waals surface area contributed by atoms with Crippen LogP contribution in [0, 0.1) is 6.92 Å². The molecular formula is C28H25ClN4O5. The molecule has 6 rings (SSSR count). The number of fused-ring (bicyclic) bond motifs is 1. The highest BCUT2D eigenvalue weighted by Gasteiger charge is 2.31. The summed E-state index contributed by atoms with van der Waals surface area (Å²) < 4.78 is 16.4. The molecule has 2 aromatic heterocycles. The monoisotopic (exact) mass is 532 g/mol. The van der Waals surface area contributed by atoms with E-state index in [1.165, 1.54) is 0 Å². The van der Waals surface area contributed by atoms with Crippen LogP contribution in [0.15, 0.2) is 65.2 Å². The highest BCUT2D eigenvalue weighted by Crippen LogP contribution is 2.34. The van der Waals surface area contributed by atoms with Gasteiger partial charge in [0, 0.05) is 24.5 Å². The van der Waals surface area contributed by atoms with Crippen molar-refractivity contribution in [2.24, 2.45) is 0 Å². The molecule has 1 aliphatic rings. The van der Waals surface area contributed by atoms with Crippen molar-refractivity contribution in [3.63, 3.8) is 0 Å². The van der Waals surface area contributed by atoms with Gasteiger partial charge in [0.15, 0.2) is 0 Å². The summed E-state index contributed by atoms with van der Waals surface area (Å²) in [6, 6.07) is 20.2. The Hall–Kier alpha value is -3.76. The predicted molar refractivity (Wildman–Crippen MR) is 142 cm³/mol. The molecule has 5 aromatic rings. The van der Waals surface area contributed by atoms with Gasteiger partial charge in [0.05, 0.1) is 35.4 Å². The number of aromatic nitrogens is 4. The fraction of sp³-hybridized carbons (Fsp3) is 0.250. The number of hydrogen-bond acceptors (Lipinski definition) is 8. The van der Waals surface area contributed by atoms with Crippen LogP contribution in [0.4, 0.5) is 0 Å². The molecule has 0 saturated carbocycles. The summed E-state index contributed by atoms with van der Waals surface area (Å²) in [4.78, 5) is 12.0. The predicted octanol–water partition coefficient (Wildman–Crippen LogP) is 4.80. The molecule has 0 radical (unpaired) electrons. The van der Waals surface area contributed by atoms with Crippen molar-refractivity contribution in [3.8, 4) is 39.7 Å². The van der Waals surface area contributed by atoms with E-state index in [2.05, 4.69) is 32.2 Å². The summed E-state index contributed by atoms with van der Waals surface area (Å²) in [5.41, 5.74) is 6.30. The Labute approximate surface area is 223 Å². The van der Waals surface area contributed by atoms with Gasteiger partial charge in [-0.1, -0.05) is 65.3 Å². The maximum atomic E-state index is 10.1. The number of rotatable bonds is 6. The first-order valence-corrected chi connectivity index (χ1v) is 12.6. The lowest BCUT2D eigenvalue weighted by atomic mass is 9.99. The SMILES string of the molecule is Cc1nc(-c2ccc(-c3ccc(-c4cc5nc(OC6COC(CO)C(O)C6)[nH]c5cc4Cl)cc3)cc2)no1. The van der Waals surface area contributed by atoms with Gasteiger partial charge in [0.1, 0.15) is 12.2 Å². The fourth-order valence-electron chi connectivity index (χ4n) is 4.60. The van der Waals surface area contributed by atoms with Gasteiger partial charge in [-0.05, 0) is 28.8 Å². The Bertz CT molecular complexity index is 1560. The van der Waals surface area contributed by atoms with Crippen LogP contribution in [-0.2, 0) is 4.74 Å². The van der Waals surface area contributed by atoms with Crippen LogP contribution in [0.25, 0.3) is 44.7 Å². The van der Waals surface area contributed by atoms with Crippen LogP contribution in [0.5, 0.6) is 6.01 Å². The summed E-state index contributed by atoms with van der Waals surface area (Å²) in [5, 5.41) is 23.9. The van der Waals surface area contributed by atoms with Crippen molar-refractivity contribution in [2.75, 3.05) is 13.2 Å². The second-order valence-corrected chi connectivity index (χ2v) is 9.69. The highest BCUT2D eigenvalue weighted by molar-refractivity contribution is 6.34. The van der Waals surface area contributed by atoms with Crippen LogP contribution in [-0.4, -0.2) is 61.8 Å². The zero-order valence-electron chi connectivity index (χ0n) is 20.5. The van der Waals surface area contributed by atoms with Crippen LogP contribution in [0.2, 0.25) is 5.02 Å². The molecule has 38 heavy (non-hydrogen) atoms. The summed E-state index contributed by atoms with van der Waals surface area (Å²) in [6.07, 6.45) is -1.40. The molecular weight excluding hydrogens is 508 g/mol. The summed E-state index contributed by atoms with van der Waals surface area (Å²) in [7, 11) is 0. The zero-order chi connectivity index (χ0) is 26.2. The fourth-order valence-corrected chi connectivity index (χ4v) is 4.87. The topological polar surface area (TPSA) is 127 Å². The lowest BCUT2D eigenvalue weighted by Crippen LogP contribution is -2.45. The van der Waals surface area contributed by atoms with Crippen molar-refractivity contribution in [3.05, 3.63) is 71.6 Å². The Morgan fingerprint density at radius 2 is 1.68 bits per heavy atom. The number of H-pyrrole nitrogens is 1. The first kappa shape index (κ1) is 24.6. The van der Waals surface area contributed by atoms with E-state index in [-0.39, 0.29) is 19.3 Å². The van der Waals surface area contributed by atoms with Crippen molar-refractivity contribution >= 4 is 22.6 Å². The number of ether oxygens (including phenoxy) is 2. The third kappa shape index (κ3) is 4.89. The molecule has 0 bridgehead atoms. The van der Waals surface area contributed by atoms with Crippen LogP contribution < -0.4 is 4.74 Å². The minimum atomic E-state index is -0.792. The van der Waals surface area contributed by atoms with E-state index in [9.17, 15) is 10.2 Å². The van der Waals surface area contributed by atoms with Gasteiger partial charge >= 0.3 is 0 Å². The van der Waals surface area contributed by atoms with E-state index in [0.29, 0.717) is 34.7 Å². The van der Waals surface area contributed by atoms with Gasteiger partial charge in [-0.3, -0.25) is 0 Å². The van der Waals surface area contributed by atoms with E-state index >= 15 is 0 Å². The van der Waals surface area contributed by atoms with Gasteiger partial charge in [0.25, 0.3) is 6.01 Å². The minimum absolute atomic E-state index is 0.228. The third-order valence-corrected chi connectivity index (χ3v) is 6.95. The normalized spacial score (nSPS) is 19.6. The van der Waals surface area contributed by atoms with E-state index in [1.807, 2.05) is 48.5 Å². The first-order valence-electron chi connectivity index (χ1n) is 12.2. The molecule has 0 amide bonds. The molecule has 10 heteroatoms. The smallest absolute Gasteiger partial charge is 0.294 e. The standard InChI is InChI=1S/C28H25ClN4O5/c1-15-30-27(33-38-15)19-8-4-17(5-9-19)16-2-6-18(7-3-16)21-11-23-24(12-22(21)29)32-28(31-23)37-20-10-25(35)26(13-34)36-14-20/h2-9,11-12,20,25-26,34-35H,10,13-14H2,1H3,(H,31,32). The van der Waals surface area contributed by atoms with Gasteiger partial charge < -0.3 is 29.2 Å². The molecule has 3 N–H and O–H groups in total. The molecule has 0 aliphatic carbocycles. The molecule has 1 fully saturated rings. The van der Waals surface area contributed by atoms with E-state index in [0.717, 1.165) is 33.3 Å². The van der Waals surface area contributed by atoms with Crippen molar-refractivity contribution in [1.82, 2.24) is 20.1 Å². The van der Waals surface area contributed by atoms with Crippen LogP contribution in [0.1, 0.15) is 12.3 Å². The Morgan fingerprint density at radius 3 is 2.32 bits per heavy atom. The van der Waals surface area contributed by atoms with E-state index in [4.69, 9.17) is 25.6 Å². The maximum absolute atomic E-state index is 10.1. The summed E-state index contributed by atoms with van der Waals surface area (Å²) >= 11 is 6.64. The number of aromatic amines is 1. The maximum Gasteiger partial charge on any atom is 0.294 e. The van der Waals surface area contributed by atoms with Crippen molar-refractivity contribution < 1.29 is 24.2 Å². The van der Waals surface area contributed by atoms with Gasteiger partial charge in [0.2, 0.25) is 11.7 Å². The van der Waals surface area contributed by atoms with Crippen LogP contribution in [0.3, 0.4) is 0 Å². The number of aliphatic hydroxyl groups excluding tert-OH is 2. The lowest BCUT2D eigenvalue weighted by molar-refractivity contribution is -0.131. The Kier molecular flexibility index (Phi) is 6.59. The van der Waals surface area contributed by atoms with Gasteiger partial charge in [-0.15, -0.1) is 0 Å².